The molecule has 306 valence electrons. The van der Waals surface area contributed by atoms with Gasteiger partial charge < -0.3 is 57.1 Å². The van der Waals surface area contributed by atoms with Gasteiger partial charge in [0.05, 0.1) is 6.61 Å². The van der Waals surface area contributed by atoms with Gasteiger partial charge >= 0.3 is 29.5 Å². The lowest BCUT2D eigenvalue weighted by atomic mass is 9.94. The molecule has 0 radical (unpaired) electrons. The number of amides is 1. The van der Waals surface area contributed by atoms with Crippen molar-refractivity contribution in [3.63, 3.8) is 0 Å². The van der Waals surface area contributed by atoms with Crippen LogP contribution < -0.4 is 15.7 Å². The molecule has 18 nitrogen and oxygen atoms in total. The quantitative estimate of drug-likeness (QED) is 0.167. The molecule has 0 bridgehead atoms. The van der Waals surface area contributed by atoms with Gasteiger partial charge in [-0.3, -0.25) is 24.0 Å². The zero-order valence-corrected chi connectivity index (χ0v) is 31.9. The third-order valence-corrected chi connectivity index (χ3v) is 9.20. The molecule has 18 heteroatoms. The van der Waals surface area contributed by atoms with Crippen molar-refractivity contribution in [1.82, 2.24) is 5.32 Å². The largest absolute Gasteiger partial charge is 0.463 e. The van der Waals surface area contributed by atoms with E-state index in [-0.39, 0.29) is 17.9 Å². The summed E-state index contributed by atoms with van der Waals surface area (Å²) in [6.07, 6.45) is -13.1. The van der Waals surface area contributed by atoms with Crippen molar-refractivity contribution < 1.29 is 75.8 Å². The van der Waals surface area contributed by atoms with E-state index >= 15 is 0 Å². The number of ether oxygens (including phenoxy) is 10. The Balaban J connectivity index is 1.42. The SMILES string of the molecule is CC(=O)N[C@H]1[C@@H](Oc2ccc3c(C)cc(=O)oc3c2)O[C@@H]2COC(c3ccccc3)O[C@@H]2[C@@H]1O[C@@H]1O[C@H](COC(C)=O)[C@H](OC(C)=O)[C@H](OC(C)=O)[C@H]1OC(C)=O. The normalized spacial score (nSPS) is 29.6. The number of esters is 4. The molecule has 3 aliphatic heterocycles. The van der Waals surface area contributed by atoms with Crippen LogP contribution in [0.3, 0.4) is 0 Å². The number of carbonyl (C=O) groups is 5. The van der Waals surface area contributed by atoms with Crippen molar-refractivity contribution in [2.45, 2.75) is 109 Å². The molecule has 0 saturated carbocycles. The van der Waals surface area contributed by atoms with E-state index in [2.05, 4.69) is 5.32 Å². The molecular formula is C39H43NO17. The predicted molar refractivity (Wildman–Crippen MR) is 191 cm³/mol. The minimum Gasteiger partial charge on any atom is -0.463 e. The molecule has 0 aliphatic carbocycles. The minimum atomic E-state index is -1.66. The van der Waals surface area contributed by atoms with Gasteiger partial charge in [-0.2, -0.15) is 0 Å². The molecule has 57 heavy (non-hydrogen) atoms. The molecule has 3 aliphatic rings. The van der Waals surface area contributed by atoms with Gasteiger partial charge in [0.2, 0.25) is 12.2 Å². The summed E-state index contributed by atoms with van der Waals surface area (Å²) in [7, 11) is 0. The molecule has 0 spiro atoms. The number of aryl methyl sites for hydroxylation is 1. The average Bonchev–Trinajstić information content (AvgIpc) is 3.13. The molecule has 2 aromatic carbocycles. The van der Waals surface area contributed by atoms with Crippen molar-refractivity contribution in [2.24, 2.45) is 0 Å². The smallest absolute Gasteiger partial charge is 0.336 e. The molecular weight excluding hydrogens is 754 g/mol. The fraction of sp³-hybridized carbons (Fsp3) is 0.487. The second-order valence-corrected chi connectivity index (χ2v) is 13.6. The number of hydrogen-bond acceptors (Lipinski definition) is 17. The van der Waals surface area contributed by atoms with E-state index in [1.807, 2.05) is 6.07 Å². The van der Waals surface area contributed by atoms with Gasteiger partial charge in [0.15, 0.2) is 30.9 Å². The Hall–Kier alpha value is -5.40. The second-order valence-electron chi connectivity index (χ2n) is 13.6. The van der Waals surface area contributed by atoms with Gasteiger partial charge in [-0.15, -0.1) is 0 Å². The Morgan fingerprint density at radius 3 is 2.11 bits per heavy atom. The third kappa shape index (κ3) is 9.95. The highest BCUT2D eigenvalue weighted by Crippen LogP contribution is 2.39. The first kappa shape index (κ1) is 41.2. The summed E-state index contributed by atoms with van der Waals surface area (Å²) >= 11 is 0. The first-order chi connectivity index (χ1) is 27.2. The van der Waals surface area contributed by atoms with Gasteiger partial charge in [-0.05, 0) is 24.6 Å². The van der Waals surface area contributed by atoms with Gasteiger partial charge in [0, 0.05) is 57.7 Å². The molecule has 1 aromatic heterocycles. The summed E-state index contributed by atoms with van der Waals surface area (Å²) in [5.41, 5.74) is 1.02. The number of nitrogens with one attached hydrogen (secondary N) is 1. The summed E-state index contributed by atoms with van der Waals surface area (Å²) < 4.78 is 65.7. The van der Waals surface area contributed by atoms with E-state index in [0.29, 0.717) is 16.5 Å². The molecule has 3 aromatic rings. The highest BCUT2D eigenvalue weighted by atomic mass is 16.8. The van der Waals surface area contributed by atoms with E-state index in [4.69, 9.17) is 51.8 Å². The van der Waals surface area contributed by atoms with Crippen LogP contribution in [0.5, 0.6) is 5.75 Å². The molecule has 11 atom stereocenters. The van der Waals surface area contributed by atoms with Crippen LogP contribution in [0.15, 0.2) is 63.8 Å². The van der Waals surface area contributed by atoms with Crippen molar-refractivity contribution in [3.05, 3.63) is 76.1 Å². The summed E-state index contributed by atoms with van der Waals surface area (Å²) in [5, 5.41) is 3.49. The summed E-state index contributed by atoms with van der Waals surface area (Å²) in [6, 6.07) is 14.0. The van der Waals surface area contributed by atoms with Gasteiger partial charge in [-0.25, -0.2) is 4.79 Å². The van der Waals surface area contributed by atoms with E-state index < -0.39 is 110 Å². The first-order valence-electron chi connectivity index (χ1n) is 18.1. The topological polar surface area (TPSA) is 220 Å². The highest BCUT2D eigenvalue weighted by molar-refractivity contribution is 5.81. The van der Waals surface area contributed by atoms with E-state index in [9.17, 15) is 28.8 Å². The van der Waals surface area contributed by atoms with Crippen molar-refractivity contribution in [2.75, 3.05) is 13.2 Å². The third-order valence-electron chi connectivity index (χ3n) is 9.20. The number of fused-ring (bicyclic) bond motifs is 2. The number of carbonyl (C=O) groups excluding carboxylic acids is 5. The summed E-state index contributed by atoms with van der Waals surface area (Å²) in [4.78, 5) is 74.5. The monoisotopic (exact) mass is 797 g/mol. The molecule has 3 saturated heterocycles. The van der Waals surface area contributed by atoms with Crippen LogP contribution in [0.1, 0.15) is 52.0 Å². The maximum atomic E-state index is 12.9. The Morgan fingerprint density at radius 2 is 1.44 bits per heavy atom. The van der Waals surface area contributed by atoms with E-state index in [0.717, 1.165) is 27.7 Å². The lowest BCUT2D eigenvalue weighted by Gasteiger charge is -2.51. The minimum absolute atomic E-state index is 0.0545. The Labute approximate surface area is 325 Å². The summed E-state index contributed by atoms with van der Waals surface area (Å²) in [6.45, 7) is 6.92. The molecule has 1 amide bonds. The average molecular weight is 798 g/mol. The van der Waals surface area contributed by atoms with Crippen LogP contribution in [-0.2, 0) is 66.6 Å². The highest BCUT2D eigenvalue weighted by Gasteiger charge is 2.58. The van der Waals surface area contributed by atoms with Gasteiger partial charge in [0.1, 0.15) is 48.4 Å². The molecule has 1 N–H and O–H groups in total. The maximum Gasteiger partial charge on any atom is 0.336 e. The van der Waals surface area contributed by atoms with Crippen LogP contribution in [0.2, 0.25) is 0 Å². The van der Waals surface area contributed by atoms with E-state index in [1.165, 1.54) is 19.1 Å². The fourth-order valence-corrected chi connectivity index (χ4v) is 6.97. The number of rotatable bonds is 11. The second kappa shape index (κ2) is 17.8. The van der Waals surface area contributed by atoms with Gasteiger partial charge in [-0.1, -0.05) is 30.3 Å². The molecule has 1 unspecified atom stereocenters. The van der Waals surface area contributed by atoms with Gasteiger partial charge in [0.25, 0.3) is 0 Å². The van der Waals surface area contributed by atoms with Crippen LogP contribution in [0, 0.1) is 6.92 Å². The maximum absolute atomic E-state index is 12.9. The zero-order chi connectivity index (χ0) is 41.0. The van der Waals surface area contributed by atoms with Crippen LogP contribution in [-0.4, -0.2) is 104 Å². The standard InChI is InChI=1S/C39H43NO17/c1-18-14-30(46)53-27-15-25(12-13-26(18)27)52-38-31(40-19(2)41)34(32-29(54-38)17-48-37(56-32)24-10-8-7-9-11-24)57-39-36(51-23(6)45)35(50-22(5)44)33(49-21(4)43)28(55-39)16-47-20(3)42/h7-15,28-29,31-39H,16-17H2,1-6H3,(H,40,41)/t28-,29-,31-,32+,33+,34-,35+,36-,37?,38+,39+/m1/s1. The van der Waals surface area contributed by atoms with Crippen LogP contribution >= 0.6 is 0 Å². The number of benzene rings is 2. The van der Waals surface area contributed by atoms with Crippen molar-refractivity contribution >= 4 is 40.8 Å². The Bertz CT molecular complexity index is 2020. The van der Waals surface area contributed by atoms with Crippen molar-refractivity contribution in [1.29, 1.82) is 0 Å². The summed E-state index contributed by atoms with van der Waals surface area (Å²) in [5.74, 6) is -3.52. The first-order valence-corrected chi connectivity index (χ1v) is 18.1. The predicted octanol–water partition coefficient (Wildman–Crippen LogP) is 2.29. The molecule has 3 fully saturated rings. The molecule has 6 rings (SSSR count). The Morgan fingerprint density at radius 1 is 0.754 bits per heavy atom. The van der Waals surface area contributed by atoms with Crippen LogP contribution in [0.25, 0.3) is 11.0 Å². The molecule has 4 heterocycles. The fourth-order valence-electron chi connectivity index (χ4n) is 6.97. The number of hydrogen-bond donors (Lipinski definition) is 1. The Kier molecular flexibility index (Phi) is 12.9. The van der Waals surface area contributed by atoms with Crippen molar-refractivity contribution in [3.8, 4) is 5.75 Å². The lowest BCUT2D eigenvalue weighted by Crippen LogP contribution is -2.70. The zero-order valence-electron chi connectivity index (χ0n) is 31.9. The lowest BCUT2D eigenvalue weighted by molar-refractivity contribution is -0.372. The van der Waals surface area contributed by atoms with Crippen LogP contribution in [0.4, 0.5) is 0 Å². The van der Waals surface area contributed by atoms with E-state index in [1.54, 1.807) is 43.3 Å².